The fourth-order valence-electron chi connectivity index (χ4n) is 3.07. The molecule has 0 unspecified atom stereocenters. The highest BCUT2D eigenvalue weighted by molar-refractivity contribution is 7.73. The van der Waals surface area contributed by atoms with E-state index < -0.39 is 17.8 Å². The Balaban J connectivity index is 1.51. The zero-order chi connectivity index (χ0) is 23.4. The van der Waals surface area contributed by atoms with Crippen LogP contribution in [0.2, 0.25) is 0 Å². The van der Waals surface area contributed by atoms with E-state index in [1.165, 1.54) is 28.4 Å². The van der Waals surface area contributed by atoms with Crippen molar-refractivity contribution in [1.29, 1.82) is 0 Å². The number of aryl methyl sites for hydroxylation is 1. The van der Waals surface area contributed by atoms with Crippen molar-refractivity contribution < 1.29 is 18.0 Å². The Kier molecular flexibility index (Phi) is 6.65. The number of unbranched alkanes of at least 4 members (excludes halogenated alkanes) is 1. The molecule has 0 fully saturated rings. The van der Waals surface area contributed by atoms with E-state index in [1.807, 2.05) is 0 Å². The van der Waals surface area contributed by atoms with Gasteiger partial charge in [0.2, 0.25) is 0 Å². The van der Waals surface area contributed by atoms with Crippen LogP contribution in [-0.2, 0) is 12.6 Å². The van der Waals surface area contributed by atoms with E-state index in [1.54, 1.807) is 12.1 Å². The molecule has 2 amide bonds. The second kappa shape index (κ2) is 9.62. The molecule has 0 spiro atoms. The summed E-state index contributed by atoms with van der Waals surface area (Å²) in [5.41, 5.74) is 0.205. The van der Waals surface area contributed by atoms with Crippen LogP contribution in [0.3, 0.4) is 0 Å². The van der Waals surface area contributed by atoms with Crippen molar-refractivity contribution in [2.24, 2.45) is 0 Å². The largest absolute Gasteiger partial charge is 0.416 e. The summed E-state index contributed by atoms with van der Waals surface area (Å²) in [6, 6.07) is 7.21. The first-order valence-electron chi connectivity index (χ1n) is 9.77. The first-order valence-corrected chi connectivity index (χ1v) is 11.0. The molecule has 0 saturated heterocycles. The van der Waals surface area contributed by atoms with Crippen molar-refractivity contribution in [3.8, 4) is 0 Å². The number of fused-ring (bicyclic) bond motifs is 1. The van der Waals surface area contributed by atoms with Gasteiger partial charge in [0.05, 0.1) is 11.1 Å². The fraction of sp³-hybridized carbons (Fsp3) is 0.263. The maximum atomic E-state index is 13.0. The number of amides is 2. The summed E-state index contributed by atoms with van der Waals surface area (Å²) in [4.78, 5) is 22.7. The summed E-state index contributed by atoms with van der Waals surface area (Å²) in [6.07, 6.45) is -2.57. The zero-order valence-corrected chi connectivity index (χ0v) is 18.5. The molecule has 0 saturated carbocycles. The zero-order valence-electron chi connectivity index (χ0n) is 16.9. The van der Waals surface area contributed by atoms with Gasteiger partial charge in [-0.05, 0) is 61.5 Å². The molecule has 0 bridgehead atoms. The van der Waals surface area contributed by atoms with Gasteiger partial charge < -0.3 is 10.3 Å². The molecule has 3 aromatic heterocycles. The van der Waals surface area contributed by atoms with Crippen molar-refractivity contribution in [2.45, 2.75) is 25.4 Å². The number of hydrogen-bond acceptors (Lipinski definition) is 7. The molecule has 0 radical (unpaired) electrons. The molecule has 33 heavy (non-hydrogen) atoms. The highest BCUT2D eigenvalue weighted by atomic mass is 32.1. The molecule has 0 aliphatic heterocycles. The lowest BCUT2D eigenvalue weighted by Gasteiger charge is -2.22. The fourth-order valence-corrected chi connectivity index (χ4v) is 4.12. The Morgan fingerprint density at radius 2 is 1.94 bits per heavy atom. The first kappa shape index (κ1) is 22.8. The number of halogens is 3. The van der Waals surface area contributed by atoms with Gasteiger partial charge in [-0.2, -0.15) is 18.4 Å². The van der Waals surface area contributed by atoms with Crippen LogP contribution < -0.4 is 10.2 Å². The number of rotatable bonds is 7. The summed E-state index contributed by atoms with van der Waals surface area (Å²) < 4.78 is 39.0. The van der Waals surface area contributed by atoms with Crippen LogP contribution in [0.25, 0.3) is 10.3 Å². The van der Waals surface area contributed by atoms with Gasteiger partial charge in [0.15, 0.2) is 9.78 Å². The van der Waals surface area contributed by atoms with E-state index in [-0.39, 0.29) is 5.69 Å². The normalized spacial score (nSPS) is 11.6. The molecule has 3 heterocycles. The minimum absolute atomic E-state index is 0.239. The molecule has 9 nitrogen and oxygen atoms in total. The Morgan fingerprint density at radius 1 is 1.15 bits per heavy atom. The third kappa shape index (κ3) is 5.70. The number of tetrazole rings is 1. The average molecular weight is 495 g/mol. The summed E-state index contributed by atoms with van der Waals surface area (Å²) in [6.45, 7) is 0.318. The number of urea groups is 1. The maximum Gasteiger partial charge on any atom is 0.416 e. The summed E-state index contributed by atoms with van der Waals surface area (Å²) in [7, 11) is 0. The number of pyridine rings is 1. The van der Waals surface area contributed by atoms with Gasteiger partial charge in [-0.15, -0.1) is 10.2 Å². The lowest BCUT2D eigenvalue weighted by atomic mass is 10.2. The van der Waals surface area contributed by atoms with Crippen molar-refractivity contribution in [3.63, 3.8) is 0 Å². The molecule has 4 rings (SSSR count). The molecular formula is C19H17F3N8OS2. The Morgan fingerprint density at radius 3 is 2.64 bits per heavy atom. The van der Waals surface area contributed by atoms with Crippen LogP contribution in [0.4, 0.5) is 29.5 Å². The Labute approximate surface area is 194 Å². The molecular weight excluding hydrogens is 477 g/mol. The van der Waals surface area contributed by atoms with Crippen molar-refractivity contribution in [2.75, 3.05) is 16.8 Å². The molecule has 3 N–H and O–H groups in total. The number of hydrogen-bond donors (Lipinski definition) is 3. The second-order valence-electron chi connectivity index (χ2n) is 6.98. The van der Waals surface area contributed by atoms with Gasteiger partial charge in [-0.1, -0.05) is 16.6 Å². The molecule has 0 atom stereocenters. The number of H-pyrrole nitrogens is 2. The van der Waals surface area contributed by atoms with Crippen LogP contribution >= 0.6 is 23.6 Å². The summed E-state index contributed by atoms with van der Waals surface area (Å²) in [5.74, 6) is 0.971. The van der Waals surface area contributed by atoms with Crippen LogP contribution in [0.5, 0.6) is 0 Å². The van der Waals surface area contributed by atoms with Crippen molar-refractivity contribution in [3.05, 3.63) is 51.7 Å². The van der Waals surface area contributed by atoms with Gasteiger partial charge >= 0.3 is 12.2 Å². The SMILES string of the molecule is O=C(Nc1ccc(C(F)(F)F)cc1)N(CCCCc1nn[nH]n1)c1ccc2[nH]c(=S)sc2n1. The molecule has 14 heteroatoms. The summed E-state index contributed by atoms with van der Waals surface area (Å²) in [5, 5.41) is 16.3. The van der Waals surface area contributed by atoms with Crippen molar-refractivity contribution >= 4 is 51.4 Å². The number of aromatic nitrogens is 6. The van der Waals surface area contributed by atoms with E-state index in [9.17, 15) is 18.0 Å². The lowest BCUT2D eigenvalue weighted by Crippen LogP contribution is -2.36. The Hall–Kier alpha value is -3.39. The monoisotopic (exact) mass is 494 g/mol. The lowest BCUT2D eigenvalue weighted by molar-refractivity contribution is -0.137. The van der Waals surface area contributed by atoms with Gasteiger partial charge in [-0.25, -0.2) is 9.78 Å². The van der Waals surface area contributed by atoms with Crippen molar-refractivity contribution in [1.82, 2.24) is 30.6 Å². The van der Waals surface area contributed by atoms with Gasteiger partial charge in [0, 0.05) is 18.7 Å². The van der Waals surface area contributed by atoms with Crippen LogP contribution in [0.1, 0.15) is 24.2 Å². The predicted octanol–water partition coefficient (Wildman–Crippen LogP) is 4.95. The molecule has 0 aliphatic carbocycles. The molecule has 0 aliphatic rings. The molecule has 4 aromatic rings. The topological polar surface area (TPSA) is 115 Å². The van der Waals surface area contributed by atoms with E-state index in [0.29, 0.717) is 46.2 Å². The van der Waals surface area contributed by atoms with E-state index >= 15 is 0 Å². The summed E-state index contributed by atoms with van der Waals surface area (Å²) >= 11 is 6.44. The van der Waals surface area contributed by atoms with Crippen LogP contribution in [0, 0.1) is 3.95 Å². The number of benzene rings is 1. The van der Waals surface area contributed by atoms with E-state index in [2.05, 4.69) is 35.9 Å². The van der Waals surface area contributed by atoms with E-state index in [0.717, 1.165) is 17.6 Å². The van der Waals surface area contributed by atoms with E-state index in [4.69, 9.17) is 12.2 Å². The van der Waals surface area contributed by atoms with Crippen LogP contribution in [0.15, 0.2) is 36.4 Å². The molecule has 1 aromatic carbocycles. The predicted molar refractivity (Wildman–Crippen MR) is 120 cm³/mol. The first-order chi connectivity index (χ1) is 15.8. The van der Waals surface area contributed by atoms with Gasteiger partial charge in [-0.3, -0.25) is 4.90 Å². The van der Waals surface area contributed by atoms with Gasteiger partial charge in [0.1, 0.15) is 10.6 Å². The maximum absolute atomic E-state index is 13.0. The highest BCUT2D eigenvalue weighted by Gasteiger charge is 2.30. The smallest absolute Gasteiger partial charge is 0.336 e. The van der Waals surface area contributed by atoms with Gasteiger partial charge in [0.25, 0.3) is 0 Å². The number of alkyl halides is 3. The third-order valence-electron chi connectivity index (χ3n) is 4.68. The number of carbonyl (C=O) groups excluding carboxylic acids is 1. The number of anilines is 2. The second-order valence-corrected chi connectivity index (χ2v) is 8.64. The number of nitrogens with zero attached hydrogens (tertiary/aromatic N) is 5. The number of thiazole rings is 1. The Bertz CT molecular complexity index is 1290. The minimum atomic E-state index is -4.45. The highest BCUT2D eigenvalue weighted by Crippen LogP contribution is 2.30. The molecule has 172 valence electrons. The van der Waals surface area contributed by atoms with Crippen LogP contribution in [-0.4, -0.2) is 43.2 Å². The number of carbonyl (C=O) groups is 1. The quantitative estimate of drug-likeness (QED) is 0.247. The standard InChI is InChI=1S/C19H17F3N8OS2/c20-19(21,22)11-4-6-12(7-5-11)23-17(31)30(10-2-1-3-14-26-28-29-27-14)15-9-8-13-16(25-15)33-18(32)24-13/h4-9H,1-3,10H2,(H,23,31)(H,24,32)(H,26,27,28,29). The number of aromatic amines is 2. The third-order valence-corrected chi connectivity index (χ3v) is 5.82. The average Bonchev–Trinajstić information content (AvgIpc) is 3.41. The number of nitrogens with one attached hydrogen (secondary N) is 3. The minimum Gasteiger partial charge on any atom is -0.336 e.